The summed E-state index contributed by atoms with van der Waals surface area (Å²) in [5, 5.41) is 44.2. The smallest absolute Gasteiger partial charge is 0.457 e. The fourth-order valence-corrected chi connectivity index (χ4v) is 3.74. The van der Waals surface area contributed by atoms with E-state index >= 15 is 0 Å². The van der Waals surface area contributed by atoms with Crippen molar-refractivity contribution in [2.75, 3.05) is 39.5 Å². The molecule has 4 heterocycles. The topological polar surface area (TPSA) is 295 Å². The number of pyridine rings is 3. The Labute approximate surface area is 293 Å². The van der Waals surface area contributed by atoms with E-state index < -0.39 is 15.3 Å². The van der Waals surface area contributed by atoms with Crippen molar-refractivity contribution in [1.82, 2.24) is 24.8 Å². The van der Waals surface area contributed by atoms with Gasteiger partial charge in [0.2, 0.25) is 0 Å². The maximum Gasteiger partial charge on any atom is 3.00 e. The Bertz CT molecular complexity index is 1120. The van der Waals surface area contributed by atoms with Crippen LogP contribution >= 0.6 is 0 Å². The monoisotopic (exact) mass is 797 g/mol. The van der Waals surface area contributed by atoms with Crippen LogP contribution in [0.1, 0.15) is 22.8 Å². The van der Waals surface area contributed by atoms with Crippen molar-refractivity contribution in [1.29, 1.82) is 0 Å². The quantitative estimate of drug-likeness (QED) is 0.204. The molecule has 0 fully saturated rings. The van der Waals surface area contributed by atoms with Crippen molar-refractivity contribution >= 4 is 0 Å². The molecule has 0 atom stereocenters. The molecule has 0 amide bonds. The molecule has 0 aliphatic carbocycles. The maximum atomic E-state index is 8.25. The molecule has 254 valence electrons. The van der Waals surface area contributed by atoms with Gasteiger partial charge in [0.05, 0.1) is 64.5 Å². The second-order valence-corrected chi connectivity index (χ2v) is 8.58. The second-order valence-electron chi connectivity index (χ2n) is 8.58. The van der Waals surface area contributed by atoms with Gasteiger partial charge in [-0.1, -0.05) is 18.2 Å². The fourth-order valence-electron chi connectivity index (χ4n) is 3.74. The Balaban J connectivity index is 0. The number of ether oxygens (including phenoxy) is 2. The van der Waals surface area contributed by atoms with Crippen LogP contribution in [0, 0.1) is 84.6 Å². The summed E-state index contributed by atoms with van der Waals surface area (Å²) in [5.74, 6) is 0. The van der Waals surface area contributed by atoms with E-state index in [0.29, 0.717) is 26.4 Å². The number of rotatable bonds is 4. The molecule has 2 bridgehead atoms. The second kappa shape index (κ2) is 27.4. The van der Waals surface area contributed by atoms with E-state index in [-0.39, 0.29) is 44.1 Å². The molecule has 0 spiro atoms. The molecule has 21 heteroatoms. The number of fused-ring (bicyclic) bond motifs is 2. The van der Waals surface area contributed by atoms with E-state index in [4.69, 9.17) is 60.4 Å². The van der Waals surface area contributed by atoms with Gasteiger partial charge in [0.1, 0.15) is 0 Å². The van der Waals surface area contributed by atoms with E-state index in [9.17, 15) is 0 Å². The summed E-state index contributed by atoms with van der Waals surface area (Å²) < 4.78 is 11.6. The first-order valence-electron chi connectivity index (χ1n) is 12.8. The van der Waals surface area contributed by atoms with Gasteiger partial charge in [0, 0.05) is 51.7 Å². The minimum atomic E-state index is -1.75. The first-order valence-corrected chi connectivity index (χ1v) is 12.8. The van der Waals surface area contributed by atoms with Crippen LogP contribution < -0.4 is 0 Å². The predicted molar refractivity (Wildman–Crippen MR) is 159 cm³/mol. The molecule has 3 aromatic rings. The zero-order valence-electron chi connectivity index (χ0n) is 24.4. The van der Waals surface area contributed by atoms with Crippen LogP contribution in [0.2, 0.25) is 0 Å². The molecule has 4 rings (SSSR count). The molecular formula is C25H34N8O12Tb+. The minimum Gasteiger partial charge on any atom is -0.457 e. The molecule has 0 saturated heterocycles. The number of nitrogens with zero attached hydrogens (tertiary/aromatic N) is 8. The fraction of sp³-hybridized carbons (Fsp3) is 0.400. The van der Waals surface area contributed by atoms with Gasteiger partial charge < -0.3 is 60.9 Å². The van der Waals surface area contributed by atoms with Gasteiger partial charge in [-0.15, -0.1) is 0 Å². The van der Waals surface area contributed by atoms with Crippen LogP contribution in [0.3, 0.4) is 0 Å². The Morgan fingerprint density at radius 2 is 0.978 bits per heavy atom. The normalized spacial score (nSPS) is 13.7. The zero-order chi connectivity index (χ0) is 32.6. The molecule has 0 unspecified atom stereocenters. The maximum absolute atomic E-state index is 8.25. The van der Waals surface area contributed by atoms with Gasteiger partial charge in [0.25, 0.3) is 0 Å². The Hall–Kier alpha value is -3.86. The van der Waals surface area contributed by atoms with Crippen LogP contribution in [-0.2, 0) is 41.1 Å². The van der Waals surface area contributed by atoms with E-state index in [1.165, 1.54) is 0 Å². The minimum absolute atomic E-state index is 0. The van der Waals surface area contributed by atoms with Crippen molar-refractivity contribution < 1.29 is 68.8 Å². The zero-order valence-corrected chi connectivity index (χ0v) is 26.5. The molecular weight excluding hydrogens is 763 g/mol. The summed E-state index contributed by atoms with van der Waals surface area (Å²) in [7, 11) is 0. The van der Waals surface area contributed by atoms with Crippen molar-refractivity contribution in [3.8, 4) is 0 Å². The summed E-state index contributed by atoms with van der Waals surface area (Å²) in [5.41, 5.74) is 4.21. The SMILES string of the molecule is O=[N+]([O-])[O-].O=[N+]([O-])[O-].O=[N+]([O-])[O-].[OH3+].[Tb+3].c1ccc(CN2CCOCCOCCN(Cc3ccccn3)Cc3cccc(n3)C2)nc1. The summed E-state index contributed by atoms with van der Waals surface area (Å²) in [4.78, 5) is 43.4. The average molecular weight is 798 g/mol. The molecule has 46 heavy (non-hydrogen) atoms. The first kappa shape index (κ1) is 44.3. The van der Waals surface area contributed by atoms with Gasteiger partial charge in [-0.3, -0.25) is 24.8 Å². The number of hydrogen-bond acceptors (Lipinski definition) is 16. The Morgan fingerprint density at radius 1 is 0.609 bits per heavy atom. The van der Waals surface area contributed by atoms with E-state index in [0.717, 1.165) is 62.0 Å². The largest absolute Gasteiger partial charge is 3.00 e. The van der Waals surface area contributed by atoms with Crippen LogP contribution in [0.25, 0.3) is 0 Å². The molecule has 20 nitrogen and oxygen atoms in total. The molecule has 0 aromatic carbocycles. The van der Waals surface area contributed by atoms with Gasteiger partial charge in [-0.05, 0) is 36.4 Å². The molecule has 1 aliphatic heterocycles. The molecule has 0 radical (unpaired) electrons. The van der Waals surface area contributed by atoms with E-state index in [2.05, 4.69) is 50.1 Å². The first-order chi connectivity index (χ1) is 21.0. The molecule has 3 aromatic heterocycles. The third-order valence-electron chi connectivity index (χ3n) is 5.33. The third-order valence-corrected chi connectivity index (χ3v) is 5.33. The number of aromatic nitrogens is 3. The van der Waals surface area contributed by atoms with E-state index in [1.807, 2.05) is 36.7 Å². The van der Waals surface area contributed by atoms with E-state index in [1.54, 1.807) is 0 Å². The van der Waals surface area contributed by atoms with Crippen LogP contribution in [0.15, 0.2) is 67.0 Å². The van der Waals surface area contributed by atoms with Crippen LogP contribution in [0.4, 0.5) is 0 Å². The third kappa shape index (κ3) is 25.5. The summed E-state index contributed by atoms with van der Waals surface area (Å²) in [6.45, 7) is 7.17. The summed E-state index contributed by atoms with van der Waals surface area (Å²) >= 11 is 0. The van der Waals surface area contributed by atoms with Gasteiger partial charge in [0.15, 0.2) is 0 Å². The van der Waals surface area contributed by atoms with Crippen molar-refractivity contribution in [2.24, 2.45) is 0 Å². The van der Waals surface area contributed by atoms with Crippen molar-refractivity contribution in [3.05, 3.63) is 136 Å². The molecule has 0 saturated carbocycles. The van der Waals surface area contributed by atoms with Crippen molar-refractivity contribution in [3.63, 3.8) is 0 Å². The Morgan fingerprint density at radius 3 is 1.30 bits per heavy atom. The number of hydrogen-bond donors (Lipinski definition) is 0. The van der Waals surface area contributed by atoms with Gasteiger partial charge in [-0.25, -0.2) is 0 Å². The summed E-state index contributed by atoms with van der Waals surface area (Å²) in [6.07, 6.45) is 3.68. The molecule has 1 aliphatic rings. The van der Waals surface area contributed by atoms with Crippen LogP contribution in [0.5, 0.6) is 0 Å². The Kier molecular flexibility index (Phi) is 26.4. The predicted octanol–water partition coefficient (Wildman–Crippen LogP) is 1.28. The van der Waals surface area contributed by atoms with Crippen LogP contribution in [-0.4, -0.2) is 79.5 Å². The van der Waals surface area contributed by atoms with Gasteiger partial charge in [-0.2, -0.15) is 0 Å². The van der Waals surface area contributed by atoms with Gasteiger partial charge >= 0.3 is 38.6 Å². The standard InChI is InChI=1S/C25H31N5O2.3NO3.H2O.Tb/c1-3-10-26-22(6-1)18-29-12-14-31-16-17-32-15-13-30(19-23-7-2-4-11-27-23)21-25-9-5-8-24(20-29)28-25;3*2-1(3)4;;/h1-11H,12-21H2;;;;1H2;/q;3*-1;;+3/p+1. The summed E-state index contributed by atoms with van der Waals surface area (Å²) in [6, 6.07) is 18.4. The van der Waals surface area contributed by atoms with Crippen molar-refractivity contribution in [2.45, 2.75) is 26.2 Å². The molecule has 3 N–H and O–H groups in total. The average Bonchev–Trinajstić information content (AvgIpc) is 2.95.